The molecule has 2 aromatic rings. The highest BCUT2D eigenvalue weighted by Crippen LogP contribution is 2.07. The number of hydrogen-bond acceptors (Lipinski definition) is 4. The van der Waals surface area contributed by atoms with Gasteiger partial charge in [-0.3, -0.25) is 10.1 Å². The van der Waals surface area contributed by atoms with Gasteiger partial charge in [-0.05, 0) is 19.4 Å². The third-order valence-electron chi connectivity index (χ3n) is 2.70. The molecule has 1 aromatic heterocycles. The first-order valence-corrected chi connectivity index (χ1v) is 6.11. The highest BCUT2D eigenvalue weighted by atomic mass is 16.5. The second kappa shape index (κ2) is 6.01. The first-order chi connectivity index (χ1) is 9.56. The molecule has 1 aromatic carbocycles. The molecule has 0 saturated heterocycles. The maximum atomic E-state index is 11.7. The van der Waals surface area contributed by atoms with Gasteiger partial charge in [0.1, 0.15) is 18.2 Å². The number of aromatic amines is 1. The fourth-order valence-electron chi connectivity index (χ4n) is 1.62. The van der Waals surface area contributed by atoms with E-state index in [4.69, 9.17) is 4.74 Å². The van der Waals surface area contributed by atoms with Crippen molar-refractivity contribution in [1.29, 1.82) is 0 Å². The fourth-order valence-corrected chi connectivity index (χ4v) is 1.62. The van der Waals surface area contributed by atoms with E-state index in [9.17, 15) is 9.59 Å². The average Bonchev–Trinajstić information content (AvgIpc) is 2.43. The first kappa shape index (κ1) is 13.8. The maximum absolute atomic E-state index is 11.7. The van der Waals surface area contributed by atoms with Gasteiger partial charge in [-0.25, -0.2) is 9.78 Å². The predicted octanol–water partition coefficient (Wildman–Crippen LogP) is 2.14. The van der Waals surface area contributed by atoms with Crippen molar-refractivity contribution in [2.45, 2.75) is 20.5 Å². The van der Waals surface area contributed by atoms with Crippen LogP contribution in [0.1, 0.15) is 17.0 Å². The number of nitrogens with zero attached hydrogens (tertiary/aromatic N) is 1. The molecule has 0 saturated carbocycles. The normalized spacial score (nSPS) is 10.1. The molecule has 0 bridgehead atoms. The quantitative estimate of drug-likeness (QED) is 0.897. The van der Waals surface area contributed by atoms with Gasteiger partial charge in [0, 0.05) is 0 Å². The van der Waals surface area contributed by atoms with Crippen LogP contribution < -0.4 is 10.9 Å². The molecule has 2 N–H and O–H groups in total. The summed E-state index contributed by atoms with van der Waals surface area (Å²) in [4.78, 5) is 29.8. The van der Waals surface area contributed by atoms with Gasteiger partial charge >= 0.3 is 6.09 Å². The van der Waals surface area contributed by atoms with E-state index in [1.807, 2.05) is 30.3 Å². The van der Waals surface area contributed by atoms with Crippen LogP contribution in [0.25, 0.3) is 0 Å². The van der Waals surface area contributed by atoms with Crippen LogP contribution in [0.4, 0.5) is 10.6 Å². The molecule has 104 valence electrons. The van der Waals surface area contributed by atoms with Crippen LogP contribution in [0.15, 0.2) is 35.1 Å². The summed E-state index contributed by atoms with van der Waals surface area (Å²) >= 11 is 0. The zero-order chi connectivity index (χ0) is 14.5. The Hall–Kier alpha value is -2.63. The molecule has 6 heteroatoms. The van der Waals surface area contributed by atoms with E-state index in [1.54, 1.807) is 13.8 Å². The summed E-state index contributed by atoms with van der Waals surface area (Å²) in [5.74, 6) is 0.642. The van der Waals surface area contributed by atoms with E-state index >= 15 is 0 Å². The number of benzene rings is 1. The van der Waals surface area contributed by atoms with Crippen molar-refractivity contribution in [3.05, 3.63) is 57.6 Å². The Morgan fingerprint density at radius 1 is 1.30 bits per heavy atom. The average molecular weight is 273 g/mol. The lowest BCUT2D eigenvalue weighted by atomic mass is 10.2. The standard InChI is InChI=1S/C14H15N3O3/c1-9-12(15-10(2)16-13(9)18)17-14(19)20-8-11-6-4-3-5-7-11/h3-7H,8H2,1-2H3,(H2,15,16,17,18,19). The third-order valence-corrected chi connectivity index (χ3v) is 2.70. The molecule has 20 heavy (non-hydrogen) atoms. The zero-order valence-electron chi connectivity index (χ0n) is 11.3. The molecule has 2 rings (SSSR count). The molecule has 0 aliphatic carbocycles. The Bertz CT molecular complexity index is 665. The molecule has 1 heterocycles. The monoisotopic (exact) mass is 273 g/mol. The summed E-state index contributed by atoms with van der Waals surface area (Å²) in [6.07, 6.45) is -0.644. The lowest BCUT2D eigenvalue weighted by Crippen LogP contribution is -2.21. The Kier molecular flexibility index (Phi) is 4.14. The second-order valence-corrected chi connectivity index (χ2v) is 4.31. The van der Waals surface area contributed by atoms with Gasteiger partial charge in [0.05, 0.1) is 5.56 Å². The lowest BCUT2D eigenvalue weighted by Gasteiger charge is -2.08. The number of hydrogen-bond donors (Lipinski definition) is 2. The van der Waals surface area contributed by atoms with Crippen molar-refractivity contribution >= 4 is 11.9 Å². The number of ether oxygens (including phenoxy) is 1. The molecule has 6 nitrogen and oxygen atoms in total. The van der Waals surface area contributed by atoms with E-state index in [0.29, 0.717) is 11.4 Å². The maximum Gasteiger partial charge on any atom is 0.413 e. The molecule has 0 unspecified atom stereocenters. The van der Waals surface area contributed by atoms with E-state index < -0.39 is 6.09 Å². The summed E-state index contributed by atoms with van der Waals surface area (Å²) in [6, 6.07) is 9.32. The van der Waals surface area contributed by atoms with E-state index in [0.717, 1.165) is 5.56 Å². The van der Waals surface area contributed by atoms with Crippen LogP contribution in [-0.2, 0) is 11.3 Å². The van der Waals surface area contributed by atoms with Crippen molar-refractivity contribution in [2.75, 3.05) is 5.32 Å². The van der Waals surface area contributed by atoms with E-state index in [1.165, 1.54) is 0 Å². The second-order valence-electron chi connectivity index (χ2n) is 4.31. The van der Waals surface area contributed by atoms with Crippen LogP contribution in [0.2, 0.25) is 0 Å². The van der Waals surface area contributed by atoms with Crippen molar-refractivity contribution in [2.24, 2.45) is 0 Å². The van der Waals surface area contributed by atoms with Crippen LogP contribution >= 0.6 is 0 Å². The van der Waals surface area contributed by atoms with Gasteiger partial charge in [0.15, 0.2) is 0 Å². The van der Waals surface area contributed by atoms with Gasteiger partial charge < -0.3 is 9.72 Å². The van der Waals surface area contributed by atoms with Gasteiger partial charge in [0.25, 0.3) is 5.56 Å². The number of H-pyrrole nitrogens is 1. The number of aryl methyl sites for hydroxylation is 1. The minimum absolute atomic E-state index is 0.161. The number of carbonyl (C=O) groups is 1. The number of amides is 1. The van der Waals surface area contributed by atoms with Gasteiger partial charge in [-0.15, -0.1) is 0 Å². The molecule has 0 atom stereocenters. The minimum Gasteiger partial charge on any atom is -0.444 e. The summed E-state index contributed by atoms with van der Waals surface area (Å²) < 4.78 is 5.06. The lowest BCUT2D eigenvalue weighted by molar-refractivity contribution is 0.155. The summed E-state index contributed by atoms with van der Waals surface area (Å²) in [5.41, 5.74) is 0.942. The highest BCUT2D eigenvalue weighted by molar-refractivity contribution is 5.84. The summed E-state index contributed by atoms with van der Waals surface area (Å²) in [6.45, 7) is 3.38. The molecule has 0 aliphatic heterocycles. The topological polar surface area (TPSA) is 84.1 Å². The highest BCUT2D eigenvalue weighted by Gasteiger charge is 2.10. The number of anilines is 1. The zero-order valence-corrected chi connectivity index (χ0v) is 11.3. The van der Waals surface area contributed by atoms with Crippen LogP contribution in [0.3, 0.4) is 0 Å². The predicted molar refractivity (Wildman–Crippen MR) is 74.6 cm³/mol. The van der Waals surface area contributed by atoms with Gasteiger partial charge in [-0.2, -0.15) is 0 Å². The molecule has 0 aliphatic rings. The van der Waals surface area contributed by atoms with Gasteiger partial charge in [0.2, 0.25) is 0 Å². The van der Waals surface area contributed by atoms with Gasteiger partial charge in [-0.1, -0.05) is 30.3 Å². The number of rotatable bonds is 3. The molecule has 0 spiro atoms. The smallest absolute Gasteiger partial charge is 0.413 e. The van der Waals surface area contributed by atoms with Crippen molar-refractivity contribution in [1.82, 2.24) is 9.97 Å². The molecule has 0 fully saturated rings. The summed E-state index contributed by atoms with van der Waals surface area (Å²) in [5, 5.41) is 2.47. The van der Waals surface area contributed by atoms with E-state index in [-0.39, 0.29) is 18.0 Å². The fraction of sp³-hybridized carbons (Fsp3) is 0.214. The number of aromatic nitrogens is 2. The Labute approximate surface area is 115 Å². The SMILES string of the molecule is Cc1nc(NC(=O)OCc2ccccc2)c(C)c(=O)[nH]1. The summed E-state index contributed by atoms with van der Waals surface area (Å²) in [7, 11) is 0. The Morgan fingerprint density at radius 3 is 2.70 bits per heavy atom. The largest absolute Gasteiger partial charge is 0.444 e. The Balaban J connectivity index is 2.00. The molecule has 1 amide bonds. The van der Waals surface area contributed by atoms with Crippen LogP contribution in [0.5, 0.6) is 0 Å². The first-order valence-electron chi connectivity index (χ1n) is 6.11. The van der Waals surface area contributed by atoms with Crippen LogP contribution in [0, 0.1) is 13.8 Å². The molecular formula is C14H15N3O3. The van der Waals surface area contributed by atoms with Crippen molar-refractivity contribution < 1.29 is 9.53 Å². The number of nitrogens with one attached hydrogen (secondary N) is 2. The third kappa shape index (κ3) is 3.44. The molecular weight excluding hydrogens is 258 g/mol. The Morgan fingerprint density at radius 2 is 2.00 bits per heavy atom. The van der Waals surface area contributed by atoms with E-state index in [2.05, 4.69) is 15.3 Å². The van der Waals surface area contributed by atoms with Crippen molar-refractivity contribution in [3.63, 3.8) is 0 Å². The minimum atomic E-state index is -0.644. The van der Waals surface area contributed by atoms with Crippen molar-refractivity contribution in [3.8, 4) is 0 Å². The van der Waals surface area contributed by atoms with Crippen LogP contribution in [-0.4, -0.2) is 16.1 Å². The molecule has 0 radical (unpaired) electrons. The number of carbonyl (C=O) groups excluding carboxylic acids is 1.